The van der Waals surface area contributed by atoms with Gasteiger partial charge >= 0.3 is 6.03 Å². The highest BCUT2D eigenvalue weighted by Gasteiger charge is 2.15. The van der Waals surface area contributed by atoms with E-state index in [1.807, 2.05) is 32.3 Å². The molecule has 0 spiro atoms. The first-order valence-corrected chi connectivity index (χ1v) is 9.57. The molecule has 0 heterocycles. The molecular formula is C20H32N4O2. The summed E-state index contributed by atoms with van der Waals surface area (Å²) in [5.41, 5.74) is 2.33. The lowest BCUT2D eigenvalue weighted by Gasteiger charge is -2.22. The second kappa shape index (κ2) is 10.8. The van der Waals surface area contributed by atoms with Gasteiger partial charge in [0.1, 0.15) is 0 Å². The van der Waals surface area contributed by atoms with Crippen LogP contribution in [0.5, 0.6) is 0 Å². The van der Waals surface area contributed by atoms with Crippen LogP contribution in [0.4, 0.5) is 4.79 Å². The van der Waals surface area contributed by atoms with E-state index in [0.717, 1.165) is 24.9 Å². The summed E-state index contributed by atoms with van der Waals surface area (Å²) in [6, 6.07) is 8.23. The highest BCUT2D eigenvalue weighted by Crippen LogP contribution is 2.17. The molecule has 144 valence electrons. The van der Waals surface area contributed by atoms with Gasteiger partial charge in [0.25, 0.3) is 0 Å². The van der Waals surface area contributed by atoms with Gasteiger partial charge in [-0.05, 0) is 38.1 Å². The minimum Gasteiger partial charge on any atom is -0.352 e. The van der Waals surface area contributed by atoms with Crippen LogP contribution < -0.4 is 16.0 Å². The summed E-state index contributed by atoms with van der Waals surface area (Å²) < 4.78 is 0. The lowest BCUT2D eigenvalue weighted by Crippen LogP contribution is -2.43. The van der Waals surface area contributed by atoms with Crippen LogP contribution in [-0.4, -0.2) is 43.5 Å². The van der Waals surface area contributed by atoms with Gasteiger partial charge in [-0.25, -0.2) is 4.79 Å². The quantitative estimate of drug-likeness (QED) is 0.666. The van der Waals surface area contributed by atoms with E-state index in [2.05, 4.69) is 26.9 Å². The molecule has 0 saturated heterocycles. The van der Waals surface area contributed by atoms with Crippen molar-refractivity contribution in [3.63, 3.8) is 0 Å². The van der Waals surface area contributed by atoms with Crippen LogP contribution >= 0.6 is 0 Å². The fourth-order valence-corrected chi connectivity index (χ4v) is 3.28. The SMILES string of the molecule is CN(C)Cc1ccccc1CNC(=O)CCNC(=O)NC1CCCCC1. The first-order valence-electron chi connectivity index (χ1n) is 9.57. The lowest BCUT2D eigenvalue weighted by molar-refractivity contribution is -0.121. The molecule has 6 nitrogen and oxygen atoms in total. The smallest absolute Gasteiger partial charge is 0.315 e. The van der Waals surface area contributed by atoms with Crippen molar-refractivity contribution in [3.05, 3.63) is 35.4 Å². The molecule has 0 unspecified atom stereocenters. The molecule has 3 amide bonds. The van der Waals surface area contributed by atoms with Crippen LogP contribution in [0.15, 0.2) is 24.3 Å². The van der Waals surface area contributed by atoms with Gasteiger partial charge in [-0.3, -0.25) is 4.79 Å². The number of urea groups is 1. The van der Waals surface area contributed by atoms with Crippen LogP contribution in [0.3, 0.4) is 0 Å². The van der Waals surface area contributed by atoms with E-state index in [0.29, 0.717) is 13.1 Å². The normalized spacial score (nSPS) is 14.9. The predicted octanol–water partition coefficient (Wildman–Crippen LogP) is 2.39. The van der Waals surface area contributed by atoms with Gasteiger partial charge in [-0.2, -0.15) is 0 Å². The maximum atomic E-state index is 12.0. The van der Waals surface area contributed by atoms with Crippen molar-refractivity contribution >= 4 is 11.9 Å². The minimum absolute atomic E-state index is 0.0531. The van der Waals surface area contributed by atoms with E-state index in [1.54, 1.807) is 0 Å². The summed E-state index contributed by atoms with van der Waals surface area (Å²) in [5.74, 6) is -0.0531. The molecule has 1 aliphatic rings. The molecule has 0 aromatic heterocycles. The second-order valence-electron chi connectivity index (χ2n) is 7.27. The zero-order valence-electron chi connectivity index (χ0n) is 16.0. The van der Waals surface area contributed by atoms with Gasteiger partial charge in [0.15, 0.2) is 0 Å². The summed E-state index contributed by atoms with van der Waals surface area (Å²) in [7, 11) is 4.05. The molecule has 1 aliphatic carbocycles. The van der Waals surface area contributed by atoms with Crippen molar-refractivity contribution in [2.45, 2.75) is 57.7 Å². The highest BCUT2D eigenvalue weighted by molar-refractivity contribution is 5.78. The summed E-state index contributed by atoms with van der Waals surface area (Å²) in [5, 5.41) is 8.71. The molecule has 26 heavy (non-hydrogen) atoms. The maximum Gasteiger partial charge on any atom is 0.315 e. The molecule has 1 saturated carbocycles. The van der Waals surface area contributed by atoms with E-state index in [1.165, 1.54) is 24.8 Å². The number of nitrogens with one attached hydrogen (secondary N) is 3. The molecule has 0 atom stereocenters. The Morgan fingerprint density at radius 1 is 1.04 bits per heavy atom. The Balaban J connectivity index is 1.65. The number of carbonyl (C=O) groups excluding carboxylic acids is 2. The Bertz CT molecular complexity index is 583. The van der Waals surface area contributed by atoms with Crippen LogP contribution in [0.2, 0.25) is 0 Å². The maximum absolute atomic E-state index is 12.0. The topological polar surface area (TPSA) is 73.5 Å². The van der Waals surface area contributed by atoms with Crippen LogP contribution in [0.25, 0.3) is 0 Å². The van der Waals surface area contributed by atoms with Gasteiger partial charge in [0.05, 0.1) is 0 Å². The zero-order chi connectivity index (χ0) is 18.8. The standard InChI is InChI=1S/C20H32N4O2/c1-24(2)15-17-9-7-6-8-16(17)14-22-19(25)12-13-21-20(26)23-18-10-4-3-5-11-18/h6-9,18H,3-5,10-15H2,1-2H3,(H,22,25)(H2,21,23,26). The van der Waals surface area contributed by atoms with Gasteiger partial charge in [-0.15, -0.1) is 0 Å². The van der Waals surface area contributed by atoms with Gasteiger partial charge < -0.3 is 20.9 Å². The van der Waals surface area contributed by atoms with Crippen molar-refractivity contribution in [2.75, 3.05) is 20.6 Å². The fourth-order valence-electron chi connectivity index (χ4n) is 3.28. The molecule has 3 N–H and O–H groups in total. The number of amides is 3. The molecule has 6 heteroatoms. The van der Waals surface area contributed by atoms with E-state index >= 15 is 0 Å². The molecule has 0 radical (unpaired) electrons. The number of carbonyl (C=O) groups is 2. The lowest BCUT2D eigenvalue weighted by atomic mass is 9.96. The zero-order valence-corrected chi connectivity index (χ0v) is 16.0. The number of nitrogens with zero attached hydrogens (tertiary/aromatic N) is 1. The molecule has 1 aromatic carbocycles. The van der Waals surface area contributed by atoms with Crippen molar-refractivity contribution < 1.29 is 9.59 Å². The number of hydrogen-bond donors (Lipinski definition) is 3. The second-order valence-corrected chi connectivity index (χ2v) is 7.27. The average molecular weight is 361 g/mol. The minimum atomic E-state index is -0.166. The molecule has 1 fully saturated rings. The largest absolute Gasteiger partial charge is 0.352 e. The summed E-state index contributed by atoms with van der Waals surface area (Å²) in [6.45, 7) is 1.70. The number of rotatable bonds is 8. The molecule has 0 bridgehead atoms. The van der Waals surface area contributed by atoms with Gasteiger partial charge in [-0.1, -0.05) is 43.5 Å². The summed E-state index contributed by atoms with van der Waals surface area (Å²) in [4.78, 5) is 26.0. The Hall–Kier alpha value is -2.08. The van der Waals surface area contributed by atoms with Crippen molar-refractivity contribution in [1.29, 1.82) is 0 Å². The Labute approximate surface area is 156 Å². The summed E-state index contributed by atoms with van der Waals surface area (Å²) in [6.07, 6.45) is 6.03. The third kappa shape index (κ3) is 7.44. The summed E-state index contributed by atoms with van der Waals surface area (Å²) >= 11 is 0. The Morgan fingerprint density at radius 2 is 1.73 bits per heavy atom. The fraction of sp³-hybridized carbons (Fsp3) is 0.600. The Kier molecular flexibility index (Phi) is 8.41. The Morgan fingerprint density at radius 3 is 2.42 bits per heavy atom. The first kappa shape index (κ1) is 20.2. The number of hydrogen-bond acceptors (Lipinski definition) is 3. The third-order valence-corrected chi connectivity index (χ3v) is 4.66. The van der Waals surface area contributed by atoms with Crippen LogP contribution in [0, 0.1) is 0 Å². The predicted molar refractivity (Wildman–Crippen MR) is 104 cm³/mol. The van der Waals surface area contributed by atoms with Crippen LogP contribution in [-0.2, 0) is 17.9 Å². The highest BCUT2D eigenvalue weighted by atomic mass is 16.2. The van der Waals surface area contributed by atoms with E-state index < -0.39 is 0 Å². The average Bonchev–Trinajstić information content (AvgIpc) is 2.61. The van der Waals surface area contributed by atoms with E-state index in [9.17, 15) is 9.59 Å². The monoisotopic (exact) mass is 360 g/mol. The van der Waals surface area contributed by atoms with E-state index in [-0.39, 0.29) is 24.4 Å². The molecule has 2 rings (SSSR count). The van der Waals surface area contributed by atoms with Crippen LogP contribution in [0.1, 0.15) is 49.7 Å². The van der Waals surface area contributed by atoms with Crippen molar-refractivity contribution in [2.24, 2.45) is 0 Å². The van der Waals surface area contributed by atoms with Gasteiger partial charge in [0, 0.05) is 32.1 Å². The first-order chi connectivity index (χ1) is 12.5. The molecule has 0 aliphatic heterocycles. The van der Waals surface area contributed by atoms with Gasteiger partial charge in [0.2, 0.25) is 5.91 Å². The molecule has 1 aromatic rings. The van der Waals surface area contributed by atoms with Crippen molar-refractivity contribution in [3.8, 4) is 0 Å². The van der Waals surface area contributed by atoms with Crippen molar-refractivity contribution in [1.82, 2.24) is 20.9 Å². The third-order valence-electron chi connectivity index (χ3n) is 4.66. The molecular weight excluding hydrogens is 328 g/mol. The van der Waals surface area contributed by atoms with E-state index in [4.69, 9.17) is 0 Å². The number of benzene rings is 1.